The Kier molecular flexibility index (Phi) is 9.41. The minimum Gasteiger partial charge on any atom is -0.478 e. The minimum absolute atomic E-state index is 0.0490. The van der Waals surface area contributed by atoms with E-state index < -0.39 is 12.8 Å². The molecule has 6 nitrogen and oxygen atoms in total. The van der Waals surface area contributed by atoms with E-state index >= 15 is 0 Å². The predicted octanol–water partition coefficient (Wildman–Crippen LogP) is 4.55. The molecular formula is C21H23F3N2O4. The number of methoxy groups -OCH3 is 1. The third-order valence-electron chi connectivity index (χ3n) is 3.50. The molecule has 1 aromatic heterocycles. The molecule has 30 heavy (non-hydrogen) atoms. The van der Waals surface area contributed by atoms with Crippen molar-refractivity contribution in [3.63, 3.8) is 0 Å². The summed E-state index contributed by atoms with van der Waals surface area (Å²) in [5.74, 6) is 0.258. The molecule has 1 aromatic rings. The number of aromatic nitrogens is 1. The average molecular weight is 424 g/mol. The van der Waals surface area contributed by atoms with Crippen LogP contribution in [0, 0.1) is 0 Å². The molecule has 0 atom stereocenters. The number of hydrogen-bond acceptors (Lipinski definition) is 6. The Hall–Kier alpha value is -3.49. The van der Waals surface area contributed by atoms with Gasteiger partial charge in [0.25, 0.3) is 12.4 Å². The number of allylic oxidation sites excluding steroid dienone is 5. The maximum Gasteiger partial charge on any atom is 0.422 e. The molecule has 0 saturated carbocycles. The van der Waals surface area contributed by atoms with Crippen LogP contribution in [-0.4, -0.2) is 43.3 Å². The summed E-state index contributed by atoms with van der Waals surface area (Å²) in [5, 5.41) is 0. The Bertz CT molecular complexity index is 858. The van der Waals surface area contributed by atoms with Gasteiger partial charge in [0, 0.05) is 25.5 Å². The quantitative estimate of drug-likeness (QED) is 0.599. The van der Waals surface area contributed by atoms with E-state index in [1.807, 2.05) is 18.9 Å². The molecule has 0 fully saturated rings. The van der Waals surface area contributed by atoms with Crippen LogP contribution in [0.3, 0.4) is 0 Å². The third-order valence-corrected chi connectivity index (χ3v) is 3.50. The van der Waals surface area contributed by atoms with E-state index in [0.29, 0.717) is 12.2 Å². The second-order valence-electron chi connectivity index (χ2n) is 5.90. The van der Waals surface area contributed by atoms with Crippen molar-refractivity contribution < 1.29 is 32.2 Å². The van der Waals surface area contributed by atoms with Gasteiger partial charge in [-0.1, -0.05) is 19.2 Å². The molecule has 0 saturated heterocycles. The molecule has 0 amide bonds. The smallest absolute Gasteiger partial charge is 0.422 e. The van der Waals surface area contributed by atoms with Crippen LogP contribution in [-0.2, 0) is 9.53 Å². The fraction of sp³-hybridized carbons (Fsp3) is 0.238. The Morgan fingerprint density at radius 3 is 2.57 bits per heavy atom. The highest BCUT2D eigenvalue weighted by Crippen LogP contribution is 2.30. The molecule has 9 heteroatoms. The van der Waals surface area contributed by atoms with Crippen molar-refractivity contribution in [1.82, 2.24) is 9.88 Å². The van der Waals surface area contributed by atoms with Gasteiger partial charge in [0.1, 0.15) is 5.76 Å². The van der Waals surface area contributed by atoms with Gasteiger partial charge in [0.05, 0.1) is 12.8 Å². The Balaban J connectivity index is 0.00000103. The number of carbonyl (C=O) groups excluding carboxylic acids is 1. The fourth-order valence-electron chi connectivity index (χ4n) is 2.21. The summed E-state index contributed by atoms with van der Waals surface area (Å²) in [6, 6.07) is 2.84. The van der Waals surface area contributed by atoms with Crippen molar-refractivity contribution in [2.75, 3.05) is 20.8 Å². The molecular weight excluding hydrogens is 401 g/mol. The Labute approximate surface area is 173 Å². The van der Waals surface area contributed by atoms with Gasteiger partial charge in [0.15, 0.2) is 12.4 Å². The van der Waals surface area contributed by atoms with Gasteiger partial charge in [0.2, 0.25) is 0 Å². The number of rotatable bonds is 7. The van der Waals surface area contributed by atoms with Gasteiger partial charge in [-0.3, -0.25) is 4.79 Å². The molecule has 0 aromatic carbocycles. The zero-order chi connectivity index (χ0) is 22.7. The third kappa shape index (κ3) is 7.86. The summed E-state index contributed by atoms with van der Waals surface area (Å²) in [7, 11) is 3.16. The number of halogens is 3. The first-order valence-electron chi connectivity index (χ1n) is 8.57. The van der Waals surface area contributed by atoms with Crippen molar-refractivity contribution in [2.45, 2.75) is 13.1 Å². The number of likely N-dealkylation sites (N-methyl/N-ethyl adjacent to an activating group) is 1. The van der Waals surface area contributed by atoms with E-state index in [4.69, 9.17) is 14.3 Å². The summed E-state index contributed by atoms with van der Waals surface area (Å²) in [5.41, 5.74) is 2.44. The molecule has 2 heterocycles. The number of hydrogen-bond donors (Lipinski definition) is 0. The van der Waals surface area contributed by atoms with Crippen LogP contribution < -0.4 is 9.47 Å². The number of pyridine rings is 1. The topological polar surface area (TPSA) is 60.9 Å². The number of nitrogens with zero attached hydrogens (tertiary/aromatic N) is 2. The predicted molar refractivity (Wildman–Crippen MR) is 107 cm³/mol. The van der Waals surface area contributed by atoms with Gasteiger partial charge in [-0.25, -0.2) is 4.98 Å². The van der Waals surface area contributed by atoms with Crippen LogP contribution in [0.25, 0.3) is 0 Å². The summed E-state index contributed by atoms with van der Waals surface area (Å²) in [6.07, 6.45) is 3.81. The molecule has 0 spiro atoms. The van der Waals surface area contributed by atoms with Crippen molar-refractivity contribution >= 4 is 6.47 Å². The first-order valence-corrected chi connectivity index (χ1v) is 8.57. The molecule has 0 bridgehead atoms. The average Bonchev–Trinajstić information content (AvgIpc) is 2.69. The maximum absolute atomic E-state index is 12.4. The lowest BCUT2D eigenvalue weighted by atomic mass is 10.0. The lowest BCUT2D eigenvalue weighted by Gasteiger charge is -2.24. The summed E-state index contributed by atoms with van der Waals surface area (Å²) in [6.45, 7) is 8.51. The van der Waals surface area contributed by atoms with Gasteiger partial charge < -0.3 is 19.1 Å². The highest BCUT2D eigenvalue weighted by molar-refractivity contribution is 5.48. The van der Waals surface area contributed by atoms with E-state index in [1.54, 1.807) is 24.4 Å². The van der Waals surface area contributed by atoms with Crippen molar-refractivity contribution in [3.8, 4) is 11.6 Å². The molecule has 2 rings (SSSR count). The molecule has 0 N–H and O–H groups in total. The van der Waals surface area contributed by atoms with E-state index in [9.17, 15) is 13.2 Å². The number of carbonyl (C=O) groups is 1. The Morgan fingerprint density at radius 1 is 1.37 bits per heavy atom. The van der Waals surface area contributed by atoms with E-state index in [0.717, 1.165) is 16.8 Å². The zero-order valence-electron chi connectivity index (χ0n) is 16.9. The summed E-state index contributed by atoms with van der Waals surface area (Å²) >= 11 is 0. The standard InChI is InChI=1S/C19H19F3N2O2.C2H4O2/c1-5-15(13(2)3)16-11-14(8-10-24(16)4)26-18-17(7-6-9-23-18)25-12-19(20,21)22;1-4-2-3/h5-11H,1-2,12H2,3-4H3;2H,1H3/b16-15-;. The van der Waals surface area contributed by atoms with Gasteiger partial charge in [-0.15, -0.1) is 0 Å². The van der Waals surface area contributed by atoms with Crippen molar-refractivity contribution in [3.05, 3.63) is 78.5 Å². The second kappa shape index (κ2) is 11.5. The summed E-state index contributed by atoms with van der Waals surface area (Å²) < 4.78 is 51.5. The second-order valence-corrected chi connectivity index (χ2v) is 5.90. The fourth-order valence-corrected chi connectivity index (χ4v) is 2.21. The molecule has 0 aliphatic carbocycles. The molecule has 162 valence electrons. The van der Waals surface area contributed by atoms with E-state index in [1.165, 1.54) is 25.4 Å². The van der Waals surface area contributed by atoms with Crippen LogP contribution in [0.15, 0.2) is 78.5 Å². The van der Waals surface area contributed by atoms with Crippen LogP contribution in [0.5, 0.6) is 11.6 Å². The minimum atomic E-state index is -4.45. The molecule has 1 aliphatic heterocycles. The highest BCUT2D eigenvalue weighted by Gasteiger charge is 2.29. The molecule has 0 radical (unpaired) electrons. The van der Waals surface area contributed by atoms with Crippen LogP contribution in [0.2, 0.25) is 0 Å². The number of alkyl halides is 3. The normalized spacial score (nSPS) is 14.6. The van der Waals surface area contributed by atoms with Gasteiger partial charge >= 0.3 is 6.18 Å². The molecule has 1 aliphatic rings. The van der Waals surface area contributed by atoms with Gasteiger partial charge in [-0.05, 0) is 36.3 Å². The van der Waals surface area contributed by atoms with Crippen LogP contribution in [0.4, 0.5) is 13.2 Å². The monoisotopic (exact) mass is 424 g/mol. The van der Waals surface area contributed by atoms with E-state index in [-0.39, 0.29) is 11.6 Å². The maximum atomic E-state index is 12.4. The van der Waals surface area contributed by atoms with Gasteiger partial charge in [-0.2, -0.15) is 13.2 Å². The number of ether oxygens (including phenoxy) is 3. The van der Waals surface area contributed by atoms with Crippen molar-refractivity contribution in [1.29, 1.82) is 0 Å². The first kappa shape index (κ1) is 24.5. The lowest BCUT2D eigenvalue weighted by Crippen LogP contribution is -2.20. The lowest BCUT2D eigenvalue weighted by molar-refractivity contribution is -0.153. The first-order chi connectivity index (χ1) is 14.1. The Morgan fingerprint density at radius 2 is 2.03 bits per heavy atom. The van der Waals surface area contributed by atoms with Crippen LogP contribution in [0.1, 0.15) is 6.92 Å². The zero-order valence-corrected chi connectivity index (χ0v) is 16.9. The summed E-state index contributed by atoms with van der Waals surface area (Å²) in [4.78, 5) is 14.8. The largest absolute Gasteiger partial charge is 0.478 e. The SMILES string of the molecule is C=C/C(C(=C)C)=C1\C=C(Oc2ncccc2OCC(F)(F)F)C=CN1C.COC=O. The molecule has 0 unspecified atom stereocenters. The van der Waals surface area contributed by atoms with Crippen molar-refractivity contribution in [2.24, 2.45) is 0 Å². The van der Waals surface area contributed by atoms with E-state index in [2.05, 4.69) is 22.9 Å². The van der Waals surface area contributed by atoms with Crippen LogP contribution >= 0.6 is 0 Å². The highest BCUT2D eigenvalue weighted by atomic mass is 19.4.